The van der Waals surface area contributed by atoms with E-state index in [2.05, 4.69) is 0 Å². The number of hydrogen-bond acceptors (Lipinski definition) is 5. The molecule has 1 aromatic carbocycles. The predicted octanol–water partition coefficient (Wildman–Crippen LogP) is 1.53. The highest BCUT2D eigenvalue weighted by Gasteiger charge is 2.40. The van der Waals surface area contributed by atoms with Gasteiger partial charge in [-0.05, 0) is 26.0 Å². The molecule has 19 heavy (non-hydrogen) atoms. The van der Waals surface area contributed by atoms with Crippen molar-refractivity contribution in [3.63, 3.8) is 0 Å². The van der Waals surface area contributed by atoms with Gasteiger partial charge in [0.1, 0.15) is 5.75 Å². The van der Waals surface area contributed by atoms with Crippen molar-refractivity contribution in [2.75, 3.05) is 27.9 Å². The zero-order valence-corrected chi connectivity index (χ0v) is 13.1. The molecule has 0 fully saturated rings. The normalized spacial score (nSPS) is 13.3. The third-order valence-electron chi connectivity index (χ3n) is 2.72. The van der Waals surface area contributed by atoms with Crippen LogP contribution >= 0.6 is 0 Å². The Morgan fingerprint density at radius 3 is 1.95 bits per heavy atom. The lowest BCUT2D eigenvalue weighted by molar-refractivity contribution is -0.0613. The zero-order chi connectivity index (χ0) is 14.3. The molecule has 0 saturated heterocycles. The summed E-state index contributed by atoms with van der Waals surface area (Å²) in [6.45, 7) is 4.40. The van der Waals surface area contributed by atoms with Crippen LogP contribution in [0.1, 0.15) is 13.8 Å². The lowest BCUT2D eigenvalue weighted by Gasteiger charge is -2.24. The second kappa shape index (κ2) is 7.61. The molecule has 0 aliphatic rings. The van der Waals surface area contributed by atoms with Gasteiger partial charge in [0.05, 0.1) is 0 Å². The van der Waals surface area contributed by atoms with E-state index in [0.29, 0.717) is 6.61 Å². The maximum atomic E-state index is 5.59. The van der Waals surface area contributed by atoms with E-state index in [0.717, 1.165) is 10.9 Å². The minimum atomic E-state index is -2.76. The smallest absolute Gasteiger partial charge is 0.465 e. The number of rotatable bonds is 8. The van der Waals surface area contributed by atoms with E-state index >= 15 is 0 Å². The summed E-state index contributed by atoms with van der Waals surface area (Å²) in [6, 6.07) is 7.47. The molecule has 1 unspecified atom stereocenters. The highest BCUT2D eigenvalue weighted by Crippen LogP contribution is 2.14. The predicted molar refractivity (Wildman–Crippen MR) is 74.6 cm³/mol. The summed E-state index contributed by atoms with van der Waals surface area (Å²) in [6.07, 6.45) is -0.273. The lowest BCUT2D eigenvalue weighted by atomic mass is 10.3. The standard InChI is InChI=1S/C13H22O5Si/c1-6-17-11(2)18-12-7-9-13(10-8-12)19(14-3,15-4)16-5/h7-11H,6H2,1-5H3. The molecule has 0 aliphatic carbocycles. The molecule has 0 heterocycles. The van der Waals surface area contributed by atoms with Gasteiger partial charge in [0.15, 0.2) is 6.29 Å². The van der Waals surface area contributed by atoms with Gasteiger partial charge in [0, 0.05) is 33.1 Å². The third-order valence-corrected chi connectivity index (χ3v) is 5.37. The SMILES string of the molecule is CCOC(C)Oc1ccc([Si](OC)(OC)OC)cc1. The van der Waals surface area contributed by atoms with Crippen LogP contribution in [0.5, 0.6) is 5.75 Å². The van der Waals surface area contributed by atoms with E-state index in [1.807, 2.05) is 38.1 Å². The van der Waals surface area contributed by atoms with Crippen LogP contribution in [-0.2, 0) is 18.0 Å². The first kappa shape index (κ1) is 16.1. The van der Waals surface area contributed by atoms with E-state index in [-0.39, 0.29) is 6.29 Å². The molecular weight excluding hydrogens is 264 g/mol. The summed E-state index contributed by atoms with van der Waals surface area (Å²) in [7, 11) is 1.99. The average Bonchev–Trinajstić information content (AvgIpc) is 2.43. The van der Waals surface area contributed by atoms with Gasteiger partial charge < -0.3 is 22.8 Å². The van der Waals surface area contributed by atoms with Crippen molar-refractivity contribution >= 4 is 14.0 Å². The van der Waals surface area contributed by atoms with Gasteiger partial charge >= 0.3 is 8.80 Å². The first-order valence-corrected chi connectivity index (χ1v) is 7.88. The van der Waals surface area contributed by atoms with Crippen molar-refractivity contribution in [3.8, 4) is 5.75 Å². The fourth-order valence-corrected chi connectivity index (χ4v) is 3.58. The molecule has 0 radical (unpaired) electrons. The molecule has 0 saturated carbocycles. The Morgan fingerprint density at radius 1 is 1.00 bits per heavy atom. The molecule has 0 aromatic heterocycles. The fourth-order valence-electron chi connectivity index (χ4n) is 1.80. The molecule has 0 N–H and O–H groups in total. The second-order valence-corrected chi connectivity index (χ2v) is 6.75. The van der Waals surface area contributed by atoms with Crippen molar-refractivity contribution in [2.24, 2.45) is 0 Å². The van der Waals surface area contributed by atoms with Crippen molar-refractivity contribution in [3.05, 3.63) is 24.3 Å². The first-order valence-electron chi connectivity index (χ1n) is 6.16. The second-order valence-electron chi connectivity index (χ2n) is 3.83. The Hall–Kier alpha value is -0.923. The van der Waals surface area contributed by atoms with Gasteiger partial charge in [-0.3, -0.25) is 0 Å². The minimum absolute atomic E-state index is 0.273. The Morgan fingerprint density at radius 2 is 1.53 bits per heavy atom. The maximum Gasteiger partial charge on any atom is 0.536 e. The summed E-state index contributed by atoms with van der Waals surface area (Å²) in [4.78, 5) is 0. The van der Waals surface area contributed by atoms with Crippen molar-refractivity contribution < 1.29 is 22.8 Å². The van der Waals surface area contributed by atoms with Crippen molar-refractivity contribution in [1.29, 1.82) is 0 Å². The number of benzene rings is 1. The molecule has 1 rings (SSSR count). The van der Waals surface area contributed by atoms with Gasteiger partial charge in [-0.1, -0.05) is 12.1 Å². The van der Waals surface area contributed by atoms with Gasteiger partial charge in [-0.25, -0.2) is 0 Å². The molecule has 0 aliphatic heterocycles. The fraction of sp³-hybridized carbons (Fsp3) is 0.538. The summed E-state index contributed by atoms with van der Waals surface area (Å²) in [5.41, 5.74) is 0. The van der Waals surface area contributed by atoms with E-state index in [4.69, 9.17) is 22.8 Å². The lowest BCUT2D eigenvalue weighted by Crippen LogP contribution is -2.54. The molecule has 5 nitrogen and oxygen atoms in total. The van der Waals surface area contributed by atoms with Gasteiger partial charge in [-0.2, -0.15) is 0 Å². The van der Waals surface area contributed by atoms with Gasteiger partial charge in [-0.15, -0.1) is 0 Å². The summed E-state index contributed by atoms with van der Waals surface area (Å²) >= 11 is 0. The topological polar surface area (TPSA) is 46.2 Å². The van der Waals surface area contributed by atoms with E-state index in [9.17, 15) is 0 Å². The first-order chi connectivity index (χ1) is 9.11. The molecule has 1 aromatic rings. The average molecular weight is 286 g/mol. The molecule has 0 bridgehead atoms. The van der Waals surface area contributed by atoms with Crippen LogP contribution in [-0.4, -0.2) is 43.0 Å². The largest absolute Gasteiger partial charge is 0.536 e. The van der Waals surface area contributed by atoms with Crippen LogP contribution in [0.3, 0.4) is 0 Å². The van der Waals surface area contributed by atoms with Crippen molar-refractivity contribution in [2.45, 2.75) is 20.1 Å². The quantitative estimate of drug-likeness (QED) is 0.536. The minimum Gasteiger partial charge on any atom is -0.465 e. The van der Waals surface area contributed by atoms with E-state index in [1.165, 1.54) is 0 Å². The zero-order valence-electron chi connectivity index (χ0n) is 12.1. The number of hydrogen-bond donors (Lipinski definition) is 0. The van der Waals surface area contributed by atoms with E-state index in [1.54, 1.807) is 21.3 Å². The molecule has 6 heteroatoms. The molecule has 0 amide bonds. The summed E-state index contributed by atoms with van der Waals surface area (Å²) in [5, 5.41) is 0.886. The highest BCUT2D eigenvalue weighted by atomic mass is 28.4. The van der Waals surface area contributed by atoms with Crippen molar-refractivity contribution in [1.82, 2.24) is 0 Å². The molecule has 108 valence electrons. The van der Waals surface area contributed by atoms with E-state index < -0.39 is 8.80 Å². The van der Waals surface area contributed by atoms with Gasteiger partial charge in [0.2, 0.25) is 0 Å². The highest BCUT2D eigenvalue weighted by molar-refractivity contribution is 6.75. The van der Waals surface area contributed by atoms with Crippen LogP contribution in [0.25, 0.3) is 0 Å². The monoisotopic (exact) mass is 286 g/mol. The molecule has 0 spiro atoms. The molecule has 1 atom stereocenters. The summed E-state index contributed by atoms with van der Waals surface area (Å²) in [5.74, 6) is 0.732. The van der Waals surface area contributed by atoms with Crippen LogP contribution < -0.4 is 9.92 Å². The molecular formula is C13H22O5Si. The Labute approximate surface area is 115 Å². The van der Waals surface area contributed by atoms with Crippen LogP contribution in [0.4, 0.5) is 0 Å². The third kappa shape index (κ3) is 4.02. The van der Waals surface area contributed by atoms with Gasteiger partial charge in [0.25, 0.3) is 0 Å². The Balaban J connectivity index is 2.80. The van der Waals surface area contributed by atoms with Crippen LogP contribution in [0, 0.1) is 0 Å². The van der Waals surface area contributed by atoms with Crippen LogP contribution in [0.15, 0.2) is 24.3 Å². The Bertz CT molecular complexity index is 356. The van der Waals surface area contributed by atoms with Crippen LogP contribution in [0.2, 0.25) is 0 Å². The number of ether oxygens (including phenoxy) is 2. The Kier molecular flexibility index (Phi) is 6.46. The summed E-state index contributed by atoms with van der Waals surface area (Å²) < 4.78 is 27.1. The maximum absolute atomic E-state index is 5.59.